The van der Waals surface area contributed by atoms with Crippen LogP contribution in [0.25, 0.3) is 0 Å². The van der Waals surface area contributed by atoms with Gasteiger partial charge in [0.1, 0.15) is 11.8 Å². The van der Waals surface area contributed by atoms with Gasteiger partial charge in [-0.05, 0) is 25.0 Å². The first kappa shape index (κ1) is 13.4. The van der Waals surface area contributed by atoms with Crippen molar-refractivity contribution in [2.24, 2.45) is 0 Å². The molecular weight excluding hydrogens is 244 g/mol. The molecule has 1 heterocycles. The zero-order chi connectivity index (χ0) is 13.5. The molecule has 1 aromatic carbocycles. The van der Waals surface area contributed by atoms with Crippen LogP contribution in [-0.4, -0.2) is 25.2 Å². The zero-order valence-corrected chi connectivity index (χ0v) is 10.6. The molecule has 1 saturated heterocycles. The number of hydrogen-bond donors (Lipinski definition) is 1. The van der Waals surface area contributed by atoms with Crippen LogP contribution in [0.15, 0.2) is 24.3 Å². The number of hydrogen-bond acceptors (Lipinski definition) is 4. The Hall–Kier alpha value is -2.06. The highest BCUT2D eigenvalue weighted by atomic mass is 16.5. The summed E-state index contributed by atoms with van der Waals surface area (Å²) in [5.41, 5.74) is 0.665. The summed E-state index contributed by atoms with van der Waals surface area (Å²) in [5.74, 6) is 0.501. The van der Waals surface area contributed by atoms with Gasteiger partial charge in [0.2, 0.25) is 5.91 Å². The number of nitrogens with one attached hydrogen (secondary N) is 1. The van der Waals surface area contributed by atoms with E-state index in [-0.39, 0.29) is 18.6 Å². The molecule has 0 radical (unpaired) electrons. The molecule has 1 amide bonds. The van der Waals surface area contributed by atoms with Crippen LogP contribution in [0.1, 0.15) is 19.3 Å². The van der Waals surface area contributed by atoms with Gasteiger partial charge >= 0.3 is 0 Å². The van der Waals surface area contributed by atoms with Gasteiger partial charge in [-0.25, -0.2) is 0 Å². The monoisotopic (exact) mass is 260 g/mol. The van der Waals surface area contributed by atoms with E-state index >= 15 is 0 Å². The summed E-state index contributed by atoms with van der Waals surface area (Å²) in [6.45, 7) is 0.739. The standard InChI is InChI=1S/C14H16N2O3/c15-6-8-19-12-4-1-3-11(9-12)16-14(17)10-13-5-2-7-18-13/h1,3-4,9,13H,2,5,7-8,10H2,(H,16,17). The summed E-state index contributed by atoms with van der Waals surface area (Å²) in [6, 6.07) is 8.90. The lowest BCUT2D eigenvalue weighted by Gasteiger charge is -2.10. The van der Waals surface area contributed by atoms with Gasteiger partial charge in [-0.2, -0.15) is 5.26 Å². The number of carbonyl (C=O) groups excluding carboxylic acids is 1. The average molecular weight is 260 g/mol. The Morgan fingerprint density at radius 2 is 2.47 bits per heavy atom. The van der Waals surface area contributed by atoms with Crippen molar-refractivity contribution in [1.82, 2.24) is 0 Å². The summed E-state index contributed by atoms with van der Waals surface area (Å²) in [7, 11) is 0. The van der Waals surface area contributed by atoms with E-state index in [0.29, 0.717) is 17.9 Å². The van der Waals surface area contributed by atoms with Gasteiger partial charge in [0.05, 0.1) is 12.5 Å². The molecule has 0 aliphatic carbocycles. The Bertz CT molecular complexity index is 476. The van der Waals surface area contributed by atoms with Crippen LogP contribution in [-0.2, 0) is 9.53 Å². The minimum atomic E-state index is -0.0654. The molecule has 0 spiro atoms. The van der Waals surface area contributed by atoms with Crippen molar-refractivity contribution in [2.75, 3.05) is 18.5 Å². The van der Waals surface area contributed by atoms with Crippen LogP contribution < -0.4 is 10.1 Å². The third kappa shape index (κ3) is 4.27. The smallest absolute Gasteiger partial charge is 0.226 e. The highest BCUT2D eigenvalue weighted by molar-refractivity contribution is 5.91. The predicted molar refractivity (Wildman–Crippen MR) is 69.8 cm³/mol. The highest BCUT2D eigenvalue weighted by Gasteiger charge is 2.19. The van der Waals surface area contributed by atoms with Crippen LogP contribution in [0.4, 0.5) is 5.69 Å². The van der Waals surface area contributed by atoms with Gasteiger partial charge in [-0.15, -0.1) is 0 Å². The van der Waals surface area contributed by atoms with E-state index in [9.17, 15) is 4.79 Å². The van der Waals surface area contributed by atoms with Gasteiger partial charge in [0, 0.05) is 18.4 Å². The molecule has 1 unspecified atom stereocenters. The first-order valence-electron chi connectivity index (χ1n) is 6.29. The Morgan fingerprint density at radius 1 is 1.58 bits per heavy atom. The van der Waals surface area contributed by atoms with E-state index in [1.807, 2.05) is 6.07 Å². The molecule has 0 bridgehead atoms. The van der Waals surface area contributed by atoms with Crippen LogP contribution in [0, 0.1) is 11.3 Å². The molecule has 5 nitrogen and oxygen atoms in total. The second-order valence-corrected chi connectivity index (χ2v) is 4.36. The second kappa shape index (κ2) is 6.76. The third-order valence-electron chi connectivity index (χ3n) is 2.86. The van der Waals surface area contributed by atoms with Crippen LogP contribution in [0.2, 0.25) is 0 Å². The molecular formula is C14H16N2O3. The number of ether oxygens (including phenoxy) is 2. The lowest BCUT2D eigenvalue weighted by Crippen LogP contribution is -2.19. The molecule has 2 rings (SSSR count). The summed E-state index contributed by atoms with van der Waals surface area (Å²) in [4.78, 5) is 11.8. The molecule has 100 valence electrons. The number of nitriles is 1. The summed E-state index contributed by atoms with van der Waals surface area (Å²) in [6.07, 6.45) is 2.38. The Kier molecular flexibility index (Phi) is 4.76. The fraction of sp³-hybridized carbons (Fsp3) is 0.429. The van der Waals surface area contributed by atoms with Gasteiger partial charge in [-0.3, -0.25) is 4.79 Å². The highest BCUT2D eigenvalue weighted by Crippen LogP contribution is 2.19. The summed E-state index contributed by atoms with van der Waals surface area (Å²) in [5, 5.41) is 11.2. The maximum atomic E-state index is 11.8. The number of nitrogens with zero attached hydrogens (tertiary/aromatic N) is 1. The molecule has 1 aliphatic rings. The molecule has 19 heavy (non-hydrogen) atoms. The normalized spacial score (nSPS) is 17.7. The molecule has 0 aromatic heterocycles. The number of carbonyl (C=O) groups is 1. The fourth-order valence-corrected chi connectivity index (χ4v) is 2.00. The van der Waals surface area contributed by atoms with Crippen molar-refractivity contribution in [1.29, 1.82) is 5.26 Å². The van der Waals surface area contributed by atoms with E-state index in [1.54, 1.807) is 24.3 Å². The van der Waals surface area contributed by atoms with Crippen molar-refractivity contribution in [3.05, 3.63) is 24.3 Å². The maximum Gasteiger partial charge on any atom is 0.226 e. The summed E-state index contributed by atoms with van der Waals surface area (Å²) >= 11 is 0. The molecule has 1 N–H and O–H groups in total. The number of benzene rings is 1. The minimum Gasteiger partial charge on any atom is -0.479 e. The fourth-order valence-electron chi connectivity index (χ4n) is 2.00. The van der Waals surface area contributed by atoms with Crippen molar-refractivity contribution in [2.45, 2.75) is 25.4 Å². The maximum absolute atomic E-state index is 11.8. The minimum absolute atomic E-state index is 0.00663. The van der Waals surface area contributed by atoms with Gasteiger partial charge < -0.3 is 14.8 Å². The predicted octanol–water partition coefficient (Wildman–Crippen LogP) is 2.10. The number of amides is 1. The first-order chi connectivity index (χ1) is 9.28. The van der Waals surface area contributed by atoms with Gasteiger partial charge in [0.15, 0.2) is 6.61 Å². The molecule has 1 fully saturated rings. The van der Waals surface area contributed by atoms with Gasteiger partial charge in [0.25, 0.3) is 0 Å². The Balaban J connectivity index is 1.87. The number of anilines is 1. The van der Waals surface area contributed by atoms with Crippen LogP contribution in [0.5, 0.6) is 5.75 Å². The van der Waals surface area contributed by atoms with E-state index in [2.05, 4.69) is 5.32 Å². The largest absolute Gasteiger partial charge is 0.479 e. The number of rotatable bonds is 5. The average Bonchev–Trinajstić information content (AvgIpc) is 2.89. The molecule has 5 heteroatoms. The van der Waals surface area contributed by atoms with Gasteiger partial charge in [-0.1, -0.05) is 6.07 Å². The van der Waals surface area contributed by atoms with Crippen molar-refractivity contribution >= 4 is 11.6 Å². The summed E-state index contributed by atoms with van der Waals surface area (Å²) < 4.78 is 10.6. The van der Waals surface area contributed by atoms with E-state index < -0.39 is 0 Å². The zero-order valence-electron chi connectivity index (χ0n) is 10.6. The topological polar surface area (TPSA) is 71.3 Å². The quantitative estimate of drug-likeness (QED) is 0.880. The molecule has 0 saturated carbocycles. The SMILES string of the molecule is N#CCOc1cccc(NC(=O)CC2CCCO2)c1. The van der Waals surface area contributed by atoms with Crippen LogP contribution >= 0.6 is 0 Å². The lowest BCUT2D eigenvalue weighted by molar-refractivity contribution is -0.118. The van der Waals surface area contributed by atoms with Crippen LogP contribution in [0.3, 0.4) is 0 Å². The Labute approximate surface area is 112 Å². The molecule has 1 atom stereocenters. The molecule has 1 aliphatic heterocycles. The second-order valence-electron chi connectivity index (χ2n) is 4.36. The van der Waals surface area contributed by atoms with E-state index in [0.717, 1.165) is 19.4 Å². The third-order valence-corrected chi connectivity index (χ3v) is 2.86. The lowest BCUT2D eigenvalue weighted by atomic mass is 10.2. The van der Waals surface area contributed by atoms with Crippen molar-refractivity contribution < 1.29 is 14.3 Å². The van der Waals surface area contributed by atoms with Crippen molar-refractivity contribution in [3.63, 3.8) is 0 Å². The van der Waals surface area contributed by atoms with E-state index in [1.165, 1.54) is 0 Å². The first-order valence-corrected chi connectivity index (χ1v) is 6.29. The van der Waals surface area contributed by atoms with E-state index in [4.69, 9.17) is 14.7 Å². The molecule has 1 aromatic rings. The Morgan fingerprint density at radius 3 is 3.21 bits per heavy atom. The van der Waals surface area contributed by atoms with Crippen molar-refractivity contribution in [3.8, 4) is 11.8 Å².